The van der Waals surface area contributed by atoms with Gasteiger partial charge in [-0.15, -0.1) is 0 Å². The van der Waals surface area contributed by atoms with Crippen LogP contribution in [0.15, 0.2) is 88.7 Å². The van der Waals surface area contributed by atoms with E-state index in [1.165, 1.54) is 0 Å². The second kappa shape index (κ2) is 11.9. The van der Waals surface area contributed by atoms with Crippen LogP contribution in [0.1, 0.15) is 49.9 Å². The fourth-order valence-electron chi connectivity index (χ4n) is 5.70. The molecular weight excluding hydrogens is 592 g/mol. The molecule has 0 saturated heterocycles. The molecule has 0 aliphatic carbocycles. The van der Waals surface area contributed by atoms with Gasteiger partial charge >= 0.3 is 5.97 Å². The van der Waals surface area contributed by atoms with Crippen molar-refractivity contribution >= 4 is 28.5 Å². The van der Waals surface area contributed by atoms with Gasteiger partial charge in [0.2, 0.25) is 11.6 Å². The quantitative estimate of drug-likeness (QED) is 0.143. The van der Waals surface area contributed by atoms with E-state index in [0.29, 0.717) is 45.6 Å². The SMILES string of the molecule is COc1cc(C2C(C#N)=C(N)Oc3cc(OC(=O)c4oc5cc(C)cc(C)c5c4C)ccc32)ccc1OCc1ccc(Cl)cc1. The Labute approximate surface area is 265 Å². The third-order valence-corrected chi connectivity index (χ3v) is 8.04. The van der Waals surface area contributed by atoms with Crippen molar-refractivity contribution < 1.29 is 28.2 Å². The summed E-state index contributed by atoms with van der Waals surface area (Å²) in [4.78, 5) is 13.2. The minimum absolute atomic E-state index is 0.0421. The van der Waals surface area contributed by atoms with Gasteiger partial charge in [0, 0.05) is 27.6 Å². The maximum atomic E-state index is 13.2. The zero-order valence-corrected chi connectivity index (χ0v) is 25.8. The van der Waals surface area contributed by atoms with Crippen LogP contribution < -0.4 is 24.7 Å². The molecule has 0 spiro atoms. The molecule has 0 fully saturated rings. The highest BCUT2D eigenvalue weighted by molar-refractivity contribution is 6.30. The first-order valence-electron chi connectivity index (χ1n) is 14.2. The summed E-state index contributed by atoms with van der Waals surface area (Å²) >= 11 is 5.99. The molecule has 5 aromatic rings. The van der Waals surface area contributed by atoms with Crippen LogP contribution in [0.3, 0.4) is 0 Å². The number of nitrogens with two attached hydrogens (primary N) is 1. The minimum Gasteiger partial charge on any atom is -0.493 e. The fraction of sp³-hybridized carbons (Fsp3) is 0.167. The summed E-state index contributed by atoms with van der Waals surface area (Å²) in [6.07, 6.45) is 0. The number of ether oxygens (including phenoxy) is 4. The van der Waals surface area contributed by atoms with E-state index in [4.69, 9.17) is 40.7 Å². The summed E-state index contributed by atoms with van der Waals surface area (Å²) in [5.41, 5.74) is 12.2. The summed E-state index contributed by atoms with van der Waals surface area (Å²) < 4.78 is 29.1. The van der Waals surface area contributed by atoms with Crippen LogP contribution in [0.5, 0.6) is 23.0 Å². The Hall–Kier alpha value is -5.39. The second-order valence-corrected chi connectivity index (χ2v) is 11.3. The highest BCUT2D eigenvalue weighted by Gasteiger charge is 2.32. The number of aryl methyl sites for hydroxylation is 3. The first-order chi connectivity index (χ1) is 21.7. The number of carbonyl (C=O) groups is 1. The Kier molecular flexibility index (Phi) is 7.88. The van der Waals surface area contributed by atoms with E-state index >= 15 is 0 Å². The van der Waals surface area contributed by atoms with Gasteiger partial charge in [-0.3, -0.25) is 0 Å². The normalized spacial score (nSPS) is 14.0. The van der Waals surface area contributed by atoms with Crippen molar-refractivity contribution in [2.24, 2.45) is 5.73 Å². The molecule has 8 nitrogen and oxygen atoms in total. The molecule has 6 rings (SSSR count). The lowest BCUT2D eigenvalue weighted by Crippen LogP contribution is -2.21. The number of nitriles is 1. The molecule has 4 aromatic carbocycles. The van der Waals surface area contributed by atoms with Crippen molar-refractivity contribution in [3.63, 3.8) is 0 Å². The summed E-state index contributed by atoms with van der Waals surface area (Å²) in [6, 6.07) is 24.0. The van der Waals surface area contributed by atoms with Crippen molar-refractivity contribution in [1.82, 2.24) is 0 Å². The monoisotopic (exact) mass is 620 g/mol. The molecule has 2 heterocycles. The van der Waals surface area contributed by atoms with E-state index < -0.39 is 11.9 Å². The molecule has 1 aliphatic rings. The van der Waals surface area contributed by atoms with Crippen molar-refractivity contribution in [2.75, 3.05) is 7.11 Å². The number of allylic oxidation sites excluding steroid dienone is 1. The van der Waals surface area contributed by atoms with E-state index in [9.17, 15) is 10.1 Å². The number of rotatable bonds is 7. The van der Waals surface area contributed by atoms with Crippen molar-refractivity contribution in [3.8, 4) is 29.1 Å². The van der Waals surface area contributed by atoms with Crippen molar-refractivity contribution in [1.29, 1.82) is 5.26 Å². The largest absolute Gasteiger partial charge is 0.493 e. The standard InChI is InChI=1S/C36H29ClN2O6/c1-19-13-20(2)32-21(3)34(44-31(32)14-19)36(40)43-25-10-11-26-29(16-25)45-35(39)27(17-38)33(26)23-7-12-28(30(15-23)41-4)42-18-22-5-8-24(37)9-6-22/h5-16,33H,18,39H2,1-4H3. The predicted molar refractivity (Wildman–Crippen MR) is 170 cm³/mol. The van der Waals surface area contributed by atoms with E-state index in [2.05, 4.69) is 6.07 Å². The topological polar surface area (TPSA) is 117 Å². The maximum absolute atomic E-state index is 13.2. The Morgan fingerprint density at radius 2 is 1.78 bits per heavy atom. The summed E-state index contributed by atoms with van der Waals surface area (Å²) in [5, 5.41) is 11.6. The van der Waals surface area contributed by atoms with Crippen molar-refractivity contribution in [3.05, 3.63) is 128 Å². The van der Waals surface area contributed by atoms with Crippen LogP contribution in [0.2, 0.25) is 5.02 Å². The van der Waals surface area contributed by atoms with E-state index in [1.54, 1.807) is 43.5 Å². The summed E-state index contributed by atoms with van der Waals surface area (Å²) in [7, 11) is 1.55. The molecule has 0 saturated carbocycles. The number of carbonyl (C=O) groups excluding carboxylic acids is 1. The van der Waals surface area contributed by atoms with Gasteiger partial charge < -0.3 is 29.1 Å². The molecule has 1 aliphatic heterocycles. The Balaban J connectivity index is 1.28. The van der Waals surface area contributed by atoms with Gasteiger partial charge in [-0.2, -0.15) is 5.26 Å². The maximum Gasteiger partial charge on any atom is 0.379 e. The van der Waals surface area contributed by atoms with E-state index in [1.807, 2.05) is 57.2 Å². The van der Waals surface area contributed by atoms with E-state index in [-0.39, 0.29) is 23.0 Å². The third kappa shape index (κ3) is 5.66. The average molecular weight is 621 g/mol. The highest BCUT2D eigenvalue weighted by atomic mass is 35.5. The number of hydrogen-bond acceptors (Lipinski definition) is 8. The number of halogens is 1. The minimum atomic E-state index is -0.631. The highest BCUT2D eigenvalue weighted by Crippen LogP contribution is 2.45. The van der Waals surface area contributed by atoms with E-state index in [0.717, 1.165) is 27.6 Å². The smallest absolute Gasteiger partial charge is 0.379 e. The fourth-order valence-corrected chi connectivity index (χ4v) is 5.83. The molecule has 0 amide bonds. The summed E-state index contributed by atoms with van der Waals surface area (Å²) in [5.74, 6) is 0.514. The van der Waals surface area contributed by atoms with Crippen LogP contribution in [-0.2, 0) is 6.61 Å². The molecule has 45 heavy (non-hydrogen) atoms. The molecular formula is C36H29ClN2O6. The van der Waals surface area contributed by atoms with Gasteiger partial charge in [0.15, 0.2) is 11.5 Å². The van der Waals surface area contributed by atoms with Crippen LogP contribution >= 0.6 is 11.6 Å². The molecule has 226 valence electrons. The number of fused-ring (bicyclic) bond motifs is 2. The van der Waals surface area contributed by atoms with Gasteiger partial charge in [-0.05, 0) is 79.4 Å². The number of esters is 1. The first kappa shape index (κ1) is 29.7. The molecule has 9 heteroatoms. The lowest BCUT2D eigenvalue weighted by Gasteiger charge is -2.27. The average Bonchev–Trinajstić information content (AvgIpc) is 3.36. The zero-order chi connectivity index (χ0) is 31.8. The van der Waals surface area contributed by atoms with Crippen molar-refractivity contribution in [2.45, 2.75) is 33.3 Å². The van der Waals surface area contributed by atoms with Crippen LogP contribution in [-0.4, -0.2) is 13.1 Å². The van der Waals surface area contributed by atoms with Crippen LogP contribution in [0, 0.1) is 32.1 Å². The number of nitrogens with zero attached hydrogens (tertiary/aromatic N) is 1. The Morgan fingerprint density at radius 1 is 1.00 bits per heavy atom. The van der Waals surface area contributed by atoms with Crippen LogP contribution in [0.4, 0.5) is 0 Å². The number of hydrogen-bond donors (Lipinski definition) is 1. The molecule has 0 radical (unpaired) electrons. The van der Waals surface area contributed by atoms with Gasteiger partial charge in [0.1, 0.15) is 35.3 Å². The first-order valence-corrected chi connectivity index (χ1v) is 14.5. The molecule has 1 aromatic heterocycles. The lowest BCUT2D eigenvalue weighted by atomic mass is 9.83. The predicted octanol–water partition coefficient (Wildman–Crippen LogP) is 8.04. The van der Waals surface area contributed by atoms with Gasteiger partial charge in [0.25, 0.3) is 0 Å². The van der Waals surface area contributed by atoms with Gasteiger partial charge in [0.05, 0.1) is 13.0 Å². The molecule has 1 atom stereocenters. The second-order valence-electron chi connectivity index (χ2n) is 10.9. The molecule has 0 bridgehead atoms. The number of furan rings is 1. The van der Waals surface area contributed by atoms with Gasteiger partial charge in [-0.25, -0.2) is 4.79 Å². The number of benzene rings is 4. The Morgan fingerprint density at radius 3 is 2.51 bits per heavy atom. The number of methoxy groups -OCH3 is 1. The molecule has 2 N–H and O–H groups in total. The van der Waals surface area contributed by atoms with Gasteiger partial charge in [-0.1, -0.05) is 41.9 Å². The Bertz CT molecular complexity index is 2040. The van der Waals surface area contributed by atoms with Crippen LogP contribution in [0.25, 0.3) is 11.0 Å². The molecule has 1 unspecified atom stereocenters. The zero-order valence-electron chi connectivity index (χ0n) is 25.1. The third-order valence-electron chi connectivity index (χ3n) is 7.79. The summed E-state index contributed by atoms with van der Waals surface area (Å²) in [6.45, 7) is 6.11. The lowest BCUT2D eigenvalue weighted by molar-refractivity contribution is 0.0702.